The summed E-state index contributed by atoms with van der Waals surface area (Å²) in [6.45, 7) is 0.485. The highest BCUT2D eigenvalue weighted by atomic mass is 32.2. The largest absolute Gasteiger partial charge is 0.347 e. The number of imidazole rings is 1. The molecule has 0 bridgehead atoms. The molecular weight excluding hydrogens is 258 g/mol. The van der Waals surface area contributed by atoms with Gasteiger partial charge in [0.25, 0.3) is 5.91 Å². The predicted octanol–water partition coefficient (Wildman–Crippen LogP) is 2.54. The van der Waals surface area contributed by atoms with Crippen LogP contribution >= 0.6 is 11.8 Å². The molecule has 0 aliphatic carbocycles. The number of carbonyl (C=O) groups excluding carboxylic acids is 1. The summed E-state index contributed by atoms with van der Waals surface area (Å²) in [6.07, 6.45) is 5.51. The molecule has 5 heteroatoms. The summed E-state index contributed by atoms with van der Waals surface area (Å²) in [7, 11) is 1.78. The van der Waals surface area contributed by atoms with Crippen molar-refractivity contribution in [3.05, 3.63) is 53.6 Å². The predicted molar refractivity (Wildman–Crippen MR) is 78.0 cm³/mol. The fourth-order valence-electron chi connectivity index (χ4n) is 1.81. The second-order valence-electron chi connectivity index (χ2n) is 4.33. The number of carbonyl (C=O) groups is 1. The maximum absolute atomic E-state index is 12.2. The van der Waals surface area contributed by atoms with Crippen molar-refractivity contribution in [1.82, 2.24) is 14.9 Å². The van der Waals surface area contributed by atoms with Gasteiger partial charge in [-0.3, -0.25) is 4.79 Å². The molecule has 1 aromatic carbocycles. The van der Waals surface area contributed by atoms with Crippen LogP contribution in [0, 0.1) is 0 Å². The molecule has 0 spiro atoms. The lowest BCUT2D eigenvalue weighted by molar-refractivity contribution is 0.0782. The number of aromatic nitrogens is 2. The van der Waals surface area contributed by atoms with Crippen LogP contribution < -0.4 is 0 Å². The zero-order valence-electron chi connectivity index (χ0n) is 11.1. The number of thioether (sulfide) groups is 1. The van der Waals surface area contributed by atoms with Gasteiger partial charge in [0.05, 0.1) is 6.54 Å². The van der Waals surface area contributed by atoms with E-state index in [-0.39, 0.29) is 5.91 Å². The maximum atomic E-state index is 12.2. The number of benzene rings is 1. The molecule has 0 saturated carbocycles. The molecule has 0 atom stereocenters. The van der Waals surface area contributed by atoms with Gasteiger partial charge >= 0.3 is 0 Å². The third-order valence-electron chi connectivity index (χ3n) is 2.80. The van der Waals surface area contributed by atoms with Crippen molar-refractivity contribution in [2.24, 2.45) is 0 Å². The summed E-state index contributed by atoms with van der Waals surface area (Å²) < 4.78 is 0. The standard InChI is InChI=1S/C14H17N3OS/c1-17(9-13-15-7-8-16-13)14(18)12-5-3-11(4-6-12)10-19-2/h3-8H,9-10H2,1-2H3,(H,15,16). The second-order valence-corrected chi connectivity index (χ2v) is 5.19. The van der Waals surface area contributed by atoms with Gasteiger partial charge in [-0.25, -0.2) is 4.98 Å². The lowest BCUT2D eigenvalue weighted by atomic mass is 10.1. The maximum Gasteiger partial charge on any atom is 0.253 e. The van der Waals surface area contributed by atoms with E-state index in [4.69, 9.17) is 0 Å². The molecule has 0 saturated heterocycles. The topological polar surface area (TPSA) is 49.0 Å². The fraction of sp³-hybridized carbons (Fsp3) is 0.286. The first-order valence-corrected chi connectivity index (χ1v) is 7.41. The molecule has 0 radical (unpaired) electrons. The Kier molecular flexibility index (Phi) is 4.63. The highest BCUT2D eigenvalue weighted by Crippen LogP contribution is 2.12. The Morgan fingerprint density at radius 3 is 2.68 bits per heavy atom. The average molecular weight is 275 g/mol. The van der Waals surface area contributed by atoms with Gasteiger partial charge in [-0.05, 0) is 24.0 Å². The van der Waals surface area contributed by atoms with Gasteiger partial charge in [0, 0.05) is 30.8 Å². The summed E-state index contributed by atoms with van der Waals surface area (Å²) in [5, 5.41) is 0. The number of nitrogens with one attached hydrogen (secondary N) is 1. The number of rotatable bonds is 5. The summed E-state index contributed by atoms with van der Waals surface area (Å²) in [6, 6.07) is 7.77. The highest BCUT2D eigenvalue weighted by molar-refractivity contribution is 7.97. The van der Waals surface area contributed by atoms with E-state index in [1.165, 1.54) is 5.56 Å². The number of hydrogen-bond acceptors (Lipinski definition) is 3. The molecule has 1 heterocycles. The molecule has 0 fully saturated rings. The monoisotopic (exact) mass is 275 g/mol. The number of aromatic amines is 1. The van der Waals surface area contributed by atoms with Gasteiger partial charge in [-0.2, -0.15) is 11.8 Å². The van der Waals surface area contributed by atoms with Crippen molar-refractivity contribution in [2.75, 3.05) is 13.3 Å². The number of amides is 1. The Bertz CT molecular complexity index is 522. The minimum Gasteiger partial charge on any atom is -0.347 e. The number of hydrogen-bond donors (Lipinski definition) is 1. The Balaban J connectivity index is 2.02. The van der Waals surface area contributed by atoms with Gasteiger partial charge in [0.2, 0.25) is 0 Å². The molecule has 100 valence electrons. The molecule has 0 aliphatic rings. The summed E-state index contributed by atoms with van der Waals surface area (Å²) >= 11 is 1.77. The summed E-state index contributed by atoms with van der Waals surface area (Å²) in [5.74, 6) is 1.76. The van der Waals surface area contributed by atoms with E-state index < -0.39 is 0 Å². The highest BCUT2D eigenvalue weighted by Gasteiger charge is 2.12. The van der Waals surface area contributed by atoms with E-state index in [2.05, 4.69) is 16.2 Å². The van der Waals surface area contributed by atoms with Gasteiger partial charge < -0.3 is 9.88 Å². The van der Waals surface area contributed by atoms with Crippen LogP contribution in [0.3, 0.4) is 0 Å². The lowest BCUT2D eigenvalue weighted by Gasteiger charge is -2.16. The van der Waals surface area contributed by atoms with Gasteiger partial charge in [-0.15, -0.1) is 0 Å². The fourth-order valence-corrected chi connectivity index (χ4v) is 2.34. The Labute approximate surface area is 117 Å². The van der Waals surface area contributed by atoms with E-state index in [9.17, 15) is 4.79 Å². The zero-order chi connectivity index (χ0) is 13.7. The van der Waals surface area contributed by atoms with Crippen molar-refractivity contribution in [3.8, 4) is 0 Å². The molecule has 1 N–H and O–H groups in total. The van der Waals surface area contributed by atoms with Gasteiger partial charge in [0.1, 0.15) is 5.82 Å². The number of H-pyrrole nitrogens is 1. The SMILES string of the molecule is CSCc1ccc(C(=O)N(C)Cc2ncc[nH]2)cc1. The summed E-state index contributed by atoms with van der Waals surface area (Å²) in [4.78, 5) is 21.0. The van der Waals surface area contributed by atoms with Crippen LogP contribution in [0.1, 0.15) is 21.7 Å². The third-order valence-corrected chi connectivity index (χ3v) is 3.42. The Hall–Kier alpha value is -1.75. The minimum absolute atomic E-state index is 0.00658. The van der Waals surface area contributed by atoms with Crippen molar-refractivity contribution >= 4 is 17.7 Å². The number of nitrogens with zero attached hydrogens (tertiary/aromatic N) is 2. The average Bonchev–Trinajstić information content (AvgIpc) is 2.92. The summed E-state index contributed by atoms with van der Waals surface area (Å²) in [5.41, 5.74) is 1.94. The molecule has 2 aromatic rings. The molecule has 1 amide bonds. The van der Waals surface area contributed by atoms with Gasteiger partial charge in [-0.1, -0.05) is 12.1 Å². The normalized spacial score (nSPS) is 10.4. The molecule has 4 nitrogen and oxygen atoms in total. The zero-order valence-corrected chi connectivity index (χ0v) is 11.9. The second kappa shape index (κ2) is 6.43. The van der Waals surface area contributed by atoms with Crippen LogP contribution in [0.5, 0.6) is 0 Å². The quantitative estimate of drug-likeness (QED) is 0.912. The Morgan fingerprint density at radius 1 is 1.37 bits per heavy atom. The first-order valence-electron chi connectivity index (χ1n) is 6.02. The van der Waals surface area contributed by atoms with Crippen LogP contribution in [0.25, 0.3) is 0 Å². The van der Waals surface area contributed by atoms with E-state index >= 15 is 0 Å². The van der Waals surface area contributed by atoms with Crippen LogP contribution in [0.4, 0.5) is 0 Å². The van der Waals surface area contributed by atoms with Crippen molar-refractivity contribution in [1.29, 1.82) is 0 Å². The first-order chi connectivity index (χ1) is 9.20. The Morgan fingerprint density at radius 2 is 2.11 bits per heavy atom. The van der Waals surface area contributed by atoms with E-state index in [1.54, 1.807) is 36.1 Å². The molecule has 1 aromatic heterocycles. The van der Waals surface area contributed by atoms with Crippen molar-refractivity contribution in [2.45, 2.75) is 12.3 Å². The van der Waals surface area contributed by atoms with Crippen LogP contribution in [0.15, 0.2) is 36.7 Å². The van der Waals surface area contributed by atoms with Crippen LogP contribution in [-0.4, -0.2) is 34.1 Å². The van der Waals surface area contributed by atoms with Crippen molar-refractivity contribution < 1.29 is 4.79 Å². The van der Waals surface area contributed by atoms with Crippen LogP contribution in [0.2, 0.25) is 0 Å². The molecule has 0 aliphatic heterocycles. The smallest absolute Gasteiger partial charge is 0.253 e. The molecule has 2 rings (SSSR count). The van der Waals surface area contributed by atoms with E-state index in [0.29, 0.717) is 12.1 Å². The molecular formula is C14H17N3OS. The first kappa shape index (κ1) is 13.7. The minimum atomic E-state index is 0.00658. The van der Waals surface area contributed by atoms with Crippen molar-refractivity contribution in [3.63, 3.8) is 0 Å². The molecule has 19 heavy (non-hydrogen) atoms. The van der Waals surface area contributed by atoms with Gasteiger partial charge in [0.15, 0.2) is 0 Å². The van der Waals surface area contributed by atoms with E-state index in [0.717, 1.165) is 11.6 Å². The van der Waals surface area contributed by atoms with E-state index in [1.807, 2.05) is 24.3 Å². The third kappa shape index (κ3) is 3.61. The van der Waals surface area contributed by atoms with Crippen LogP contribution in [-0.2, 0) is 12.3 Å². The molecule has 0 unspecified atom stereocenters. The lowest BCUT2D eigenvalue weighted by Crippen LogP contribution is -2.26.